The molecule has 1 N–H and O–H groups in total. The van der Waals surface area contributed by atoms with E-state index in [4.69, 9.17) is 5.26 Å². The van der Waals surface area contributed by atoms with Gasteiger partial charge >= 0.3 is 0 Å². The number of amides is 1. The topological polar surface area (TPSA) is 78.7 Å². The molecule has 0 aliphatic carbocycles. The van der Waals surface area contributed by atoms with Crippen molar-refractivity contribution < 1.29 is 4.79 Å². The number of rotatable bonds is 6. The summed E-state index contributed by atoms with van der Waals surface area (Å²) in [7, 11) is 0. The maximum atomic E-state index is 12.2. The van der Waals surface area contributed by atoms with Gasteiger partial charge in [-0.25, -0.2) is 9.97 Å². The lowest BCUT2D eigenvalue weighted by atomic mass is 10.3. The van der Waals surface area contributed by atoms with Crippen LogP contribution in [-0.4, -0.2) is 27.4 Å². The molecule has 3 rings (SSSR count). The van der Waals surface area contributed by atoms with Crippen molar-refractivity contribution in [1.29, 1.82) is 5.26 Å². The fourth-order valence-corrected chi connectivity index (χ4v) is 4.41. The highest BCUT2D eigenvalue weighted by atomic mass is 32.2. The van der Waals surface area contributed by atoms with Gasteiger partial charge in [0.05, 0.1) is 33.5 Å². The van der Waals surface area contributed by atoms with Crippen LogP contribution < -0.4 is 5.32 Å². The van der Waals surface area contributed by atoms with Crippen molar-refractivity contribution in [1.82, 2.24) is 9.97 Å². The molecule has 3 aromatic rings. The summed E-state index contributed by atoms with van der Waals surface area (Å²) in [5, 5.41) is 14.4. The van der Waals surface area contributed by atoms with Crippen LogP contribution in [0.2, 0.25) is 0 Å². The number of carbonyl (C=O) groups is 1. The highest BCUT2D eigenvalue weighted by molar-refractivity contribution is 8.00. The second-order valence-corrected chi connectivity index (χ2v) is 7.49. The molecule has 24 heavy (non-hydrogen) atoms. The monoisotopic (exact) mass is 372 g/mol. The van der Waals surface area contributed by atoms with E-state index < -0.39 is 0 Å². The molecule has 0 saturated heterocycles. The molecule has 2 aromatic heterocycles. The highest BCUT2D eigenvalue weighted by Gasteiger charge is 2.11. The molecular formula is C16H12N4OS3. The van der Waals surface area contributed by atoms with Crippen molar-refractivity contribution in [3.8, 4) is 6.07 Å². The number of nitrogens with one attached hydrogen (secondary N) is 1. The third-order valence-electron chi connectivity index (χ3n) is 3.00. The second-order valence-electron chi connectivity index (χ2n) is 4.59. The van der Waals surface area contributed by atoms with E-state index in [9.17, 15) is 4.79 Å². The first kappa shape index (κ1) is 16.8. The predicted octanol–water partition coefficient (Wildman–Crippen LogP) is 4.04. The third kappa shape index (κ3) is 4.06. The van der Waals surface area contributed by atoms with Crippen LogP contribution in [-0.2, 0) is 4.79 Å². The SMILES string of the molecule is N#CCSc1ccccc1NC(=O)CSc1ncnc2ccsc12. The van der Waals surface area contributed by atoms with E-state index in [0.717, 1.165) is 25.8 Å². The van der Waals surface area contributed by atoms with Gasteiger partial charge in [0.2, 0.25) is 5.91 Å². The summed E-state index contributed by atoms with van der Waals surface area (Å²) in [4.78, 5) is 21.6. The van der Waals surface area contributed by atoms with Gasteiger partial charge in [-0.3, -0.25) is 4.79 Å². The number of nitriles is 1. The number of hydrogen-bond acceptors (Lipinski definition) is 7. The number of nitrogens with zero attached hydrogens (tertiary/aromatic N) is 3. The Balaban J connectivity index is 1.64. The highest BCUT2D eigenvalue weighted by Crippen LogP contribution is 2.30. The van der Waals surface area contributed by atoms with E-state index in [2.05, 4.69) is 21.4 Å². The van der Waals surface area contributed by atoms with E-state index in [1.165, 1.54) is 29.9 Å². The number of hydrogen-bond donors (Lipinski definition) is 1. The number of thioether (sulfide) groups is 2. The summed E-state index contributed by atoms with van der Waals surface area (Å²) < 4.78 is 1.00. The summed E-state index contributed by atoms with van der Waals surface area (Å²) in [6.45, 7) is 0. The summed E-state index contributed by atoms with van der Waals surface area (Å²) in [6.07, 6.45) is 1.52. The van der Waals surface area contributed by atoms with Crippen molar-refractivity contribution in [2.75, 3.05) is 16.8 Å². The lowest BCUT2D eigenvalue weighted by Crippen LogP contribution is -2.14. The van der Waals surface area contributed by atoms with Crippen LogP contribution in [0.25, 0.3) is 10.2 Å². The Morgan fingerprint density at radius 1 is 1.25 bits per heavy atom. The zero-order chi connectivity index (χ0) is 16.8. The van der Waals surface area contributed by atoms with E-state index in [1.807, 2.05) is 35.7 Å². The minimum atomic E-state index is -0.103. The van der Waals surface area contributed by atoms with E-state index >= 15 is 0 Å². The Bertz CT molecular complexity index is 903. The molecule has 0 fully saturated rings. The molecule has 0 aliphatic heterocycles. The largest absolute Gasteiger partial charge is 0.324 e. The lowest BCUT2D eigenvalue weighted by molar-refractivity contribution is -0.113. The number of aromatic nitrogens is 2. The smallest absolute Gasteiger partial charge is 0.234 e. The standard InChI is InChI=1S/C16H12N4OS3/c17-6-8-22-13-4-2-1-3-11(13)20-14(21)9-24-16-15-12(5-7-23-15)18-10-19-16/h1-5,7,10H,8-9H2,(H,20,21). The number of thiophene rings is 1. The first-order chi connectivity index (χ1) is 11.8. The number of para-hydroxylation sites is 1. The van der Waals surface area contributed by atoms with Gasteiger partial charge in [0.15, 0.2) is 0 Å². The van der Waals surface area contributed by atoms with Gasteiger partial charge in [0, 0.05) is 4.90 Å². The van der Waals surface area contributed by atoms with E-state index in [-0.39, 0.29) is 11.7 Å². The van der Waals surface area contributed by atoms with Crippen molar-refractivity contribution in [3.05, 3.63) is 42.0 Å². The normalized spacial score (nSPS) is 10.5. The van der Waals surface area contributed by atoms with Gasteiger partial charge in [-0.05, 0) is 23.6 Å². The first-order valence-electron chi connectivity index (χ1n) is 6.97. The molecule has 0 spiro atoms. The molecule has 0 bridgehead atoms. The Hall–Kier alpha value is -2.08. The predicted molar refractivity (Wildman–Crippen MR) is 99.5 cm³/mol. The van der Waals surface area contributed by atoms with Crippen molar-refractivity contribution in [3.63, 3.8) is 0 Å². The molecule has 2 heterocycles. The fraction of sp³-hybridized carbons (Fsp3) is 0.125. The number of carbonyl (C=O) groups excluding carboxylic acids is 1. The van der Waals surface area contributed by atoms with Crippen LogP contribution in [0.3, 0.4) is 0 Å². The molecule has 8 heteroatoms. The summed E-state index contributed by atoms with van der Waals surface area (Å²) in [5.41, 5.74) is 1.63. The van der Waals surface area contributed by atoms with E-state index in [1.54, 1.807) is 11.3 Å². The zero-order valence-corrected chi connectivity index (χ0v) is 14.9. The van der Waals surface area contributed by atoms with Crippen molar-refractivity contribution >= 4 is 56.7 Å². The van der Waals surface area contributed by atoms with Crippen molar-refractivity contribution in [2.24, 2.45) is 0 Å². The van der Waals surface area contributed by atoms with Gasteiger partial charge in [0.25, 0.3) is 0 Å². The maximum absolute atomic E-state index is 12.2. The first-order valence-corrected chi connectivity index (χ1v) is 9.82. The average Bonchev–Trinajstić information content (AvgIpc) is 3.08. The summed E-state index contributed by atoms with van der Waals surface area (Å²) >= 11 is 4.37. The van der Waals surface area contributed by atoms with Crippen LogP contribution in [0.15, 0.2) is 52.0 Å². The Kier molecular flexibility index (Phi) is 5.69. The molecule has 0 radical (unpaired) electrons. The molecule has 1 amide bonds. The minimum Gasteiger partial charge on any atom is -0.324 e. The Morgan fingerprint density at radius 2 is 2.12 bits per heavy atom. The van der Waals surface area contributed by atoms with Crippen molar-refractivity contribution in [2.45, 2.75) is 9.92 Å². The van der Waals surface area contributed by atoms with E-state index in [0.29, 0.717) is 5.75 Å². The van der Waals surface area contributed by atoms with Crippen LogP contribution >= 0.6 is 34.9 Å². The second kappa shape index (κ2) is 8.15. The zero-order valence-electron chi connectivity index (χ0n) is 12.4. The number of benzene rings is 1. The maximum Gasteiger partial charge on any atom is 0.234 e. The van der Waals surface area contributed by atoms with Gasteiger partial charge < -0.3 is 5.32 Å². The lowest BCUT2D eigenvalue weighted by Gasteiger charge is -2.09. The van der Waals surface area contributed by atoms with Crippen LogP contribution in [0.4, 0.5) is 5.69 Å². The molecule has 1 aromatic carbocycles. The van der Waals surface area contributed by atoms with Gasteiger partial charge in [-0.15, -0.1) is 23.1 Å². The third-order valence-corrected chi connectivity index (χ3v) is 5.97. The molecule has 0 saturated carbocycles. The quantitative estimate of drug-likeness (QED) is 0.520. The van der Waals surface area contributed by atoms with Crippen LogP contribution in [0.1, 0.15) is 0 Å². The molecule has 0 aliphatic rings. The molecule has 0 atom stereocenters. The molecule has 5 nitrogen and oxygen atoms in total. The number of fused-ring (bicyclic) bond motifs is 1. The minimum absolute atomic E-state index is 0.103. The van der Waals surface area contributed by atoms with Crippen LogP contribution in [0, 0.1) is 11.3 Å². The average molecular weight is 373 g/mol. The van der Waals surface area contributed by atoms with Crippen LogP contribution in [0.5, 0.6) is 0 Å². The summed E-state index contributed by atoms with van der Waals surface area (Å²) in [5.74, 6) is 0.508. The summed E-state index contributed by atoms with van der Waals surface area (Å²) in [6, 6.07) is 11.5. The van der Waals surface area contributed by atoms with Gasteiger partial charge in [-0.2, -0.15) is 5.26 Å². The molecule has 0 unspecified atom stereocenters. The molecular weight excluding hydrogens is 360 g/mol. The molecule has 120 valence electrons. The number of anilines is 1. The Labute approximate surface area is 151 Å². The Morgan fingerprint density at radius 3 is 3.00 bits per heavy atom. The fourth-order valence-electron chi connectivity index (χ4n) is 2.00. The van der Waals surface area contributed by atoms with Gasteiger partial charge in [-0.1, -0.05) is 23.9 Å². The van der Waals surface area contributed by atoms with Gasteiger partial charge in [0.1, 0.15) is 11.4 Å².